The maximum Gasteiger partial charge on any atom is 0.271 e. The highest BCUT2D eigenvalue weighted by Crippen LogP contribution is 2.18. The minimum Gasteiger partial charge on any atom is -0.332 e. The number of rotatable bonds is 5. The molecule has 0 aliphatic rings. The number of anilines is 2. The summed E-state index contributed by atoms with van der Waals surface area (Å²) in [6, 6.07) is 16.1. The first-order valence-electron chi connectivity index (χ1n) is 8.33. The molecule has 27 heavy (non-hydrogen) atoms. The van der Waals surface area contributed by atoms with Gasteiger partial charge in [-0.2, -0.15) is 5.10 Å². The Bertz CT molecular complexity index is 982. The fourth-order valence-electron chi connectivity index (χ4n) is 2.69. The number of benzene rings is 2. The predicted octanol–water partition coefficient (Wildman–Crippen LogP) is 4.27. The second-order valence-corrected chi connectivity index (χ2v) is 6.58. The Morgan fingerprint density at radius 2 is 1.81 bits per heavy atom. The summed E-state index contributed by atoms with van der Waals surface area (Å²) in [4.78, 5) is 10.4. The highest BCUT2D eigenvalue weighted by atomic mass is 32.1. The summed E-state index contributed by atoms with van der Waals surface area (Å²) < 4.78 is 1.96. The van der Waals surface area contributed by atoms with E-state index in [4.69, 9.17) is 12.2 Å². The van der Waals surface area contributed by atoms with Crippen molar-refractivity contribution >= 4 is 34.4 Å². The summed E-state index contributed by atoms with van der Waals surface area (Å²) in [5, 5.41) is 21.7. The van der Waals surface area contributed by atoms with Crippen LogP contribution in [0.15, 0.2) is 54.6 Å². The number of hydrogen-bond donors (Lipinski definition) is 2. The molecule has 0 aliphatic carbocycles. The van der Waals surface area contributed by atoms with Gasteiger partial charge in [-0.05, 0) is 55.9 Å². The van der Waals surface area contributed by atoms with Crippen LogP contribution in [0.5, 0.6) is 0 Å². The fourth-order valence-corrected chi connectivity index (χ4v) is 2.93. The van der Waals surface area contributed by atoms with E-state index in [-0.39, 0.29) is 5.69 Å². The highest BCUT2D eigenvalue weighted by Gasteiger charge is 2.07. The monoisotopic (exact) mass is 381 g/mol. The summed E-state index contributed by atoms with van der Waals surface area (Å²) in [7, 11) is 0. The van der Waals surface area contributed by atoms with Crippen molar-refractivity contribution in [1.29, 1.82) is 0 Å². The van der Waals surface area contributed by atoms with E-state index in [0.717, 1.165) is 22.6 Å². The molecule has 0 fully saturated rings. The SMILES string of the molecule is Cc1cc(C)n(Cc2ccc(NC(=S)Nc3cccc([N+](=O)[O-])c3)cc2)n1. The Labute approximate surface area is 162 Å². The van der Waals surface area contributed by atoms with Crippen molar-refractivity contribution in [1.82, 2.24) is 9.78 Å². The molecule has 2 N–H and O–H groups in total. The van der Waals surface area contributed by atoms with Gasteiger partial charge in [0.2, 0.25) is 0 Å². The number of nitrogens with one attached hydrogen (secondary N) is 2. The molecule has 7 nitrogen and oxygen atoms in total. The zero-order valence-corrected chi connectivity index (χ0v) is 15.8. The maximum absolute atomic E-state index is 10.8. The van der Waals surface area contributed by atoms with E-state index < -0.39 is 4.92 Å². The Hall–Kier alpha value is -3.26. The van der Waals surface area contributed by atoms with Gasteiger partial charge < -0.3 is 10.6 Å². The molecule has 0 aliphatic heterocycles. The summed E-state index contributed by atoms with van der Waals surface area (Å²) in [5.74, 6) is 0. The molecule has 0 radical (unpaired) electrons. The van der Waals surface area contributed by atoms with Crippen molar-refractivity contribution in [2.45, 2.75) is 20.4 Å². The minimum atomic E-state index is -0.441. The average molecular weight is 381 g/mol. The molecule has 3 rings (SSSR count). The lowest BCUT2D eigenvalue weighted by Crippen LogP contribution is -2.19. The summed E-state index contributed by atoms with van der Waals surface area (Å²) in [5.41, 5.74) is 4.65. The third-order valence-corrected chi connectivity index (χ3v) is 4.17. The third kappa shape index (κ3) is 4.89. The van der Waals surface area contributed by atoms with E-state index in [2.05, 4.69) is 15.7 Å². The van der Waals surface area contributed by atoms with Crippen LogP contribution in [0.4, 0.5) is 17.1 Å². The van der Waals surface area contributed by atoms with E-state index in [9.17, 15) is 10.1 Å². The van der Waals surface area contributed by atoms with Crippen LogP contribution < -0.4 is 10.6 Å². The van der Waals surface area contributed by atoms with Crippen LogP contribution in [0, 0.1) is 24.0 Å². The van der Waals surface area contributed by atoms with Crippen LogP contribution in [0.2, 0.25) is 0 Å². The van der Waals surface area contributed by atoms with Gasteiger partial charge in [-0.15, -0.1) is 0 Å². The molecule has 1 heterocycles. The van der Waals surface area contributed by atoms with E-state index >= 15 is 0 Å². The van der Waals surface area contributed by atoms with Crippen LogP contribution >= 0.6 is 12.2 Å². The van der Waals surface area contributed by atoms with Crippen LogP contribution in [0.3, 0.4) is 0 Å². The molecule has 0 atom stereocenters. The maximum atomic E-state index is 10.8. The number of aryl methyl sites for hydroxylation is 2. The van der Waals surface area contributed by atoms with Crippen molar-refractivity contribution in [3.05, 3.63) is 81.7 Å². The van der Waals surface area contributed by atoms with Gasteiger partial charge >= 0.3 is 0 Å². The van der Waals surface area contributed by atoms with Gasteiger partial charge in [0.05, 0.1) is 17.2 Å². The molecule has 0 amide bonds. The number of nitrogens with zero attached hydrogens (tertiary/aromatic N) is 3. The molecule has 2 aromatic carbocycles. The number of non-ortho nitro benzene ring substituents is 1. The second-order valence-electron chi connectivity index (χ2n) is 6.17. The first-order valence-corrected chi connectivity index (χ1v) is 8.74. The Morgan fingerprint density at radius 1 is 1.11 bits per heavy atom. The van der Waals surface area contributed by atoms with Gasteiger partial charge in [-0.25, -0.2) is 0 Å². The molecule has 3 aromatic rings. The van der Waals surface area contributed by atoms with Gasteiger partial charge in [0.1, 0.15) is 0 Å². The summed E-state index contributed by atoms with van der Waals surface area (Å²) in [6.45, 7) is 4.72. The molecule has 138 valence electrons. The lowest BCUT2D eigenvalue weighted by molar-refractivity contribution is -0.384. The van der Waals surface area contributed by atoms with E-state index in [0.29, 0.717) is 17.3 Å². The number of aromatic nitrogens is 2. The number of hydrogen-bond acceptors (Lipinski definition) is 4. The normalized spacial score (nSPS) is 10.4. The van der Waals surface area contributed by atoms with Crippen LogP contribution in [0.1, 0.15) is 17.0 Å². The van der Waals surface area contributed by atoms with Crippen LogP contribution in [-0.2, 0) is 6.54 Å². The molecule has 0 saturated carbocycles. The van der Waals surface area contributed by atoms with Crippen LogP contribution in [0.25, 0.3) is 0 Å². The number of nitro groups is 1. The first kappa shape index (κ1) is 18.5. The quantitative estimate of drug-likeness (QED) is 0.390. The third-order valence-electron chi connectivity index (χ3n) is 3.96. The average Bonchev–Trinajstić information content (AvgIpc) is 2.94. The van der Waals surface area contributed by atoms with Crippen molar-refractivity contribution in [3.8, 4) is 0 Å². The van der Waals surface area contributed by atoms with Crippen molar-refractivity contribution in [2.75, 3.05) is 10.6 Å². The second kappa shape index (κ2) is 7.96. The van der Waals surface area contributed by atoms with Crippen molar-refractivity contribution in [3.63, 3.8) is 0 Å². The van der Waals surface area contributed by atoms with Gasteiger partial charge in [0.25, 0.3) is 5.69 Å². The van der Waals surface area contributed by atoms with E-state index in [1.165, 1.54) is 12.1 Å². The van der Waals surface area contributed by atoms with Gasteiger partial charge in [-0.3, -0.25) is 14.8 Å². The molecule has 0 bridgehead atoms. The minimum absolute atomic E-state index is 0.0105. The van der Waals surface area contributed by atoms with E-state index in [1.54, 1.807) is 12.1 Å². The molecule has 1 aromatic heterocycles. The zero-order valence-electron chi connectivity index (χ0n) is 15.0. The molecule has 0 unspecified atom stereocenters. The summed E-state index contributed by atoms with van der Waals surface area (Å²) in [6.07, 6.45) is 0. The predicted molar refractivity (Wildman–Crippen MR) is 110 cm³/mol. The van der Waals surface area contributed by atoms with Crippen molar-refractivity contribution < 1.29 is 4.92 Å². The van der Waals surface area contributed by atoms with Crippen molar-refractivity contribution in [2.24, 2.45) is 0 Å². The summed E-state index contributed by atoms with van der Waals surface area (Å²) >= 11 is 5.28. The largest absolute Gasteiger partial charge is 0.332 e. The Balaban J connectivity index is 1.61. The smallest absolute Gasteiger partial charge is 0.271 e. The van der Waals surface area contributed by atoms with Crippen LogP contribution in [-0.4, -0.2) is 19.8 Å². The number of nitro benzene ring substituents is 1. The molecule has 0 saturated heterocycles. The molecule has 0 spiro atoms. The molecular formula is C19H19N5O2S. The standard InChI is InChI=1S/C19H19N5O2S/c1-13-10-14(2)23(22-13)12-15-6-8-16(9-7-15)20-19(27)21-17-4-3-5-18(11-17)24(25)26/h3-11H,12H2,1-2H3,(H2,20,21,27). The van der Waals surface area contributed by atoms with Gasteiger partial charge in [0, 0.05) is 29.2 Å². The lowest BCUT2D eigenvalue weighted by atomic mass is 10.2. The first-order chi connectivity index (χ1) is 12.9. The fraction of sp³-hybridized carbons (Fsp3) is 0.158. The van der Waals surface area contributed by atoms with E-state index in [1.807, 2.05) is 48.9 Å². The Morgan fingerprint density at radius 3 is 2.44 bits per heavy atom. The van der Waals surface area contributed by atoms with Gasteiger partial charge in [-0.1, -0.05) is 18.2 Å². The topological polar surface area (TPSA) is 85.0 Å². The highest BCUT2D eigenvalue weighted by molar-refractivity contribution is 7.80. The molecular weight excluding hydrogens is 362 g/mol. The number of thiocarbonyl (C=S) groups is 1. The van der Waals surface area contributed by atoms with Gasteiger partial charge in [0.15, 0.2) is 5.11 Å². The molecule has 8 heteroatoms. The lowest BCUT2D eigenvalue weighted by Gasteiger charge is -2.11. The zero-order chi connectivity index (χ0) is 19.4. The Kier molecular flexibility index (Phi) is 5.46.